The Bertz CT molecular complexity index is 445. The van der Waals surface area contributed by atoms with Crippen LogP contribution in [-0.4, -0.2) is 48.3 Å². The van der Waals surface area contributed by atoms with Gasteiger partial charge in [0, 0.05) is 44.7 Å². The van der Waals surface area contributed by atoms with E-state index in [0.717, 1.165) is 31.7 Å². The molecule has 1 fully saturated rings. The smallest absolute Gasteiger partial charge is 0.163 e. The number of carbonyl (C=O) groups is 1. The second-order valence-electron chi connectivity index (χ2n) is 6.43. The molecule has 3 heteroatoms. The standard InChI is InChI=1S/C18H28N2O/c1-4-19-9-11-20(12-10-19)14-16-5-7-17(8-6-16)18(21)13-15(2)3/h5-8,15H,4,9-14H2,1-3H3. The Hall–Kier alpha value is -1.19. The summed E-state index contributed by atoms with van der Waals surface area (Å²) in [5, 5.41) is 0. The number of Topliss-reactive ketones (excluding diaryl/α,β-unsaturated/α-hetero) is 1. The summed E-state index contributed by atoms with van der Waals surface area (Å²) in [5.74, 6) is 0.681. The Morgan fingerprint density at radius 3 is 2.14 bits per heavy atom. The molecule has 21 heavy (non-hydrogen) atoms. The monoisotopic (exact) mass is 288 g/mol. The van der Waals surface area contributed by atoms with Crippen molar-refractivity contribution in [1.29, 1.82) is 0 Å². The number of hydrogen-bond acceptors (Lipinski definition) is 3. The summed E-state index contributed by atoms with van der Waals surface area (Å²) >= 11 is 0. The van der Waals surface area contributed by atoms with Crippen LogP contribution in [0.1, 0.15) is 43.1 Å². The summed E-state index contributed by atoms with van der Waals surface area (Å²) in [5.41, 5.74) is 2.16. The maximum Gasteiger partial charge on any atom is 0.163 e. The molecule has 1 aliphatic heterocycles. The lowest BCUT2D eigenvalue weighted by atomic mass is 10.0. The summed E-state index contributed by atoms with van der Waals surface area (Å²) in [6.45, 7) is 13.2. The molecule has 0 unspecified atom stereocenters. The highest BCUT2D eigenvalue weighted by atomic mass is 16.1. The maximum atomic E-state index is 12.0. The van der Waals surface area contributed by atoms with Crippen LogP contribution in [0.4, 0.5) is 0 Å². The lowest BCUT2D eigenvalue weighted by Crippen LogP contribution is -2.45. The summed E-state index contributed by atoms with van der Waals surface area (Å²) in [6.07, 6.45) is 0.637. The maximum absolute atomic E-state index is 12.0. The fourth-order valence-corrected chi connectivity index (χ4v) is 2.81. The normalized spacial score (nSPS) is 17.3. The Labute approximate surface area is 128 Å². The molecule has 0 radical (unpaired) electrons. The number of rotatable bonds is 6. The lowest BCUT2D eigenvalue weighted by Gasteiger charge is -2.34. The second-order valence-corrected chi connectivity index (χ2v) is 6.43. The minimum atomic E-state index is 0.258. The van der Waals surface area contributed by atoms with Gasteiger partial charge in [-0.05, 0) is 18.0 Å². The Kier molecular flexibility index (Phi) is 5.95. The molecule has 1 aromatic carbocycles. The number of nitrogens with zero attached hydrogens (tertiary/aromatic N) is 2. The van der Waals surface area contributed by atoms with Gasteiger partial charge in [0.05, 0.1) is 0 Å². The molecule has 0 aliphatic carbocycles. The van der Waals surface area contributed by atoms with E-state index in [9.17, 15) is 4.79 Å². The number of hydrogen-bond donors (Lipinski definition) is 0. The van der Waals surface area contributed by atoms with Crippen LogP contribution in [0.25, 0.3) is 0 Å². The van der Waals surface area contributed by atoms with Crippen molar-refractivity contribution in [2.24, 2.45) is 5.92 Å². The van der Waals surface area contributed by atoms with E-state index in [0.29, 0.717) is 12.3 Å². The average molecular weight is 288 g/mol. The van der Waals surface area contributed by atoms with E-state index < -0.39 is 0 Å². The molecule has 116 valence electrons. The van der Waals surface area contributed by atoms with Crippen molar-refractivity contribution in [1.82, 2.24) is 9.80 Å². The molecule has 0 spiro atoms. The van der Waals surface area contributed by atoms with E-state index >= 15 is 0 Å². The topological polar surface area (TPSA) is 23.6 Å². The predicted molar refractivity (Wildman–Crippen MR) is 87.6 cm³/mol. The molecule has 0 saturated carbocycles. The van der Waals surface area contributed by atoms with Gasteiger partial charge in [0.15, 0.2) is 5.78 Å². The average Bonchev–Trinajstić information content (AvgIpc) is 2.48. The zero-order chi connectivity index (χ0) is 15.2. The third-order valence-electron chi connectivity index (χ3n) is 4.19. The van der Waals surface area contributed by atoms with Crippen LogP contribution in [0.3, 0.4) is 0 Å². The van der Waals surface area contributed by atoms with E-state index in [1.807, 2.05) is 12.1 Å². The minimum Gasteiger partial charge on any atom is -0.301 e. The molecule has 1 heterocycles. The molecule has 0 amide bonds. The van der Waals surface area contributed by atoms with Crippen LogP contribution in [0.15, 0.2) is 24.3 Å². The van der Waals surface area contributed by atoms with Crippen LogP contribution < -0.4 is 0 Å². The highest BCUT2D eigenvalue weighted by Gasteiger charge is 2.15. The van der Waals surface area contributed by atoms with Crippen LogP contribution in [-0.2, 0) is 6.54 Å². The van der Waals surface area contributed by atoms with Crippen LogP contribution in [0.5, 0.6) is 0 Å². The van der Waals surface area contributed by atoms with Crippen molar-refractivity contribution in [3.05, 3.63) is 35.4 Å². The number of ketones is 1. The van der Waals surface area contributed by atoms with E-state index in [-0.39, 0.29) is 5.78 Å². The van der Waals surface area contributed by atoms with Gasteiger partial charge in [-0.1, -0.05) is 45.0 Å². The van der Waals surface area contributed by atoms with Crippen molar-refractivity contribution < 1.29 is 4.79 Å². The van der Waals surface area contributed by atoms with Gasteiger partial charge in [-0.25, -0.2) is 0 Å². The Morgan fingerprint density at radius 1 is 1.05 bits per heavy atom. The van der Waals surface area contributed by atoms with E-state index in [1.54, 1.807) is 0 Å². The first-order chi connectivity index (χ1) is 10.1. The minimum absolute atomic E-state index is 0.258. The number of benzene rings is 1. The number of piperazine rings is 1. The van der Waals surface area contributed by atoms with Crippen molar-refractivity contribution in [2.75, 3.05) is 32.7 Å². The van der Waals surface area contributed by atoms with Gasteiger partial charge in [0.25, 0.3) is 0 Å². The van der Waals surface area contributed by atoms with Crippen molar-refractivity contribution >= 4 is 5.78 Å². The fourth-order valence-electron chi connectivity index (χ4n) is 2.81. The van der Waals surface area contributed by atoms with E-state index in [1.165, 1.54) is 18.7 Å². The van der Waals surface area contributed by atoms with Gasteiger partial charge >= 0.3 is 0 Å². The zero-order valence-electron chi connectivity index (χ0n) is 13.6. The molecule has 1 aromatic rings. The molecule has 0 aromatic heterocycles. The van der Waals surface area contributed by atoms with Gasteiger partial charge in [-0.15, -0.1) is 0 Å². The van der Waals surface area contributed by atoms with Crippen LogP contribution in [0, 0.1) is 5.92 Å². The quantitative estimate of drug-likeness (QED) is 0.752. The van der Waals surface area contributed by atoms with Gasteiger partial charge in [0.2, 0.25) is 0 Å². The van der Waals surface area contributed by atoms with E-state index in [4.69, 9.17) is 0 Å². The first kappa shape index (κ1) is 16.2. The SMILES string of the molecule is CCN1CCN(Cc2ccc(C(=O)CC(C)C)cc2)CC1. The Balaban J connectivity index is 1.86. The van der Waals surface area contributed by atoms with Gasteiger partial charge in [-0.3, -0.25) is 9.69 Å². The van der Waals surface area contributed by atoms with E-state index in [2.05, 4.69) is 42.7 Å². The molecule has 0 bridgehead atoms. The highest BCUT2D eigenvalue weighted by molar-refractivity contribution is 5.96. The van der Waals surface area contributed by atoms with Gasteiger partial charge in [-0.2, -0.15) is 0 Å². The summed E-state index contributed by atoms with van der Waals surface area (Å²) in [6, 6.07) is 8.20. The Morgan fingerprint density at radius 2 is 1.62 bits per heavy atom. The third kappa shape index (κ3) is 4.94. The molecule has 1 saturated heterocycles. The number of likely N-dealkylation sites (N-methyl/N-ethyl adjacent to an activating group) is 1. The molecule has 1 aliphatic rings. The lowest BCUT2D eigenvalue weighted by molar-refractivity contribution is 0.0968. The highest BCUT2D eigenvalue weighted by Crippen LogP contribution is 2.13. The molecular weight excluding hydrogens is 260 g/mol. The summed E-state index contributed by atoms with van der Waals surface area (Å²) < 4.78 is 0. The molecule has 0 atom stereocenters. The van der Waals surface area contributed by atoms with Gasteiger partial charge in [0.1, 0.15) is 0 Å². The predicted octanol–water partition coefficient (Wildman–Crippen LogP) is 3.05. The van der Waals surface area contributed by atoms with Crippen LogP contribution >= 0.6 is 0 Å². The molecule has 3 nitrogen and oxygen atoms in total. The zero-order valence-corrected chi connectivity index (χ0v) is 13.6. The molecule has 0 N–H and O–H groups in total. The van der Waals surface area contributed by atoms with Crippen molar-refractivity contribution in [3.8, 4) is 0 Å². The fraction of sp³-hybridized carbons (Fsp3) is 0.611. The number of carbonyl (C=O) groups excluding carboxylic acids is 1. The molecule has 2 rings (SSSR count). The van der Waals surface area contributed by atoms with Crippen LogP contribution in [0.2, 0.25) is 0 Å². The second kappa shape index (κ2) is 7.71. The van der Waals surface area contributed by atoms with Crippen molar-refractivity contribution in [3.63, 3.8) is 0 Å². The first-order valence-electron chi connectivity index (χ1n) is 8.15. The van der Waals surface area contributed by atoms with Crippen molar-refractivity contribution in [2.45, 2.75) is 33.7 Å². The largest absolute Gasteiger partial charge is 0.301 e. The first-order valence-corrected chi connectivity index (χ1v) is 8.15. The molecular formula is C18H28N2O. The van der Waals surface area contributed by atoms with Gasteiger partial charge < -0.3 is 4.90 Å². The summed E-state index contributed by atoms with van der Waals surface area (Å²) in [4.78, 5) is 17.0. The summed E-state index contributed by atoms with van der Waals surface area (Å²) in [7, 11) is 0. The third-order valence-corrected chi connectivity index (χ3v) is 4.19.